The fourth-order valence-electron chi connectivity index (χ4n) is 7.31. The molecule has 5 aromatic rings. The molecule has 0 bridgehead atoms. The summed E-state index contributed by atoms with van der Waals surface area (Å²) >= 11 is 0. The maximum atomic E-state index is 14.3. The van der Waals surface area contributed by atoms with E-state index in [1.807, 2.05) is 34.9 Å². The Balaban J connectivity index is 1.34. The molecule has 0 unspecified atom stereocenters. The van der Waals surface area contributed by atoms with Crippen LogP contribution in [-0.2, 0) is 33.5 Å². The molecule has 1 saturated carbocycles. The van der Waals surface area contributed by atoms with Crippen LogP contribution in [0.2, 0.25) is 0 Å². The molecule has 4 heterocycles. The smallest absolute Gasteiger partial charge is 0.299 e. The van der Waals surface area contributed by atoms with Crippen LogP contribution in [0.3, 0.4) is 0 Å². The monoisotopic (exact) mass is 661 g/mol. The van der Waals surface area contributed by atoms with Crippen molar-refractivity contribution in [3.8, 4) is 11.3 Å². The molecule has 3 aromatic heterocycles. The molecule has 46 heavy (non-hydrogen) atoms. The Hall–Kier alpha value is -3.74. The molecule has 1 saturated heterocycles. The van der Waals surface area contributed by atoms with Gasteiger partial charge in [-0.3, -0.25) is 14.0 Å². The number of benzene rings is 2. The number of hydrogen-bond donors (Lipinski definition) is 0. The Kier molecular flexibility index (Phi) is 7.93. The average molecular weight is 662 g/mol. The lowest BCUT2D eigenvalue weighted by Crippen LogP contribution is -2.38. The van der Waals surface area contributed by atoms with Crippen molar-refractivity contribution in [1.82, 2.24) is 23.0 Å². The molecule has 7 rings (SSSR count). The Bertz CT molecular complexity index is 2190. The summed E-state index contributed by atoms with van der Waals surface area (Å²) in [4.78, 5) is 20.7. The molecule has 10 nitrogen and oxygen atoms in total. The van der Waals surface area contributed by atoms with Gasteiger partial charge < -0.3 is 0 Å². The second-order valence-electron chi connectivity index (χ2n) is 12.8. The lowest BCUT2D eigenvalue weighted by molar-refractivity contribution is 0.222. The standard InChI is InChI=1S/C34H39N5O5S2/c1-36-31-22-35-33-29(32(31)38(34(36)40)26-9-5-3-6-10-26)21-30(39(33)46(43,44)28-11-7-4-8-12-28)25-15-13-24(14-16-25)23-37-19-17-27(18-20-37)45(2,41)42/h4,7-8,11-16,21-22,26-27H,3,5-6,9-10,17-20,23H2,1-2H3. The van der Waals surface area contributed by atoms with Crippen molar-refractivity contribution >= 4 is 41.9 Å². The van der Waals surface area contributed by atoms with Gasteiger partial charge in [-0.15, -0.1) is 0 Å². The van der Waals surface area contributed by atoms with Crippen molar-refractivity contribution in [2.24, 2.45) is 7.05 Å². The summed E-state index contributed by atoms with van der Waals surface area (Å²) in [5.41, 5.74) is 3.84. The highest BCUT2D eigenvalue weighted by Gasteiger charge is 2.30. The molecular weight excluding hydrogens is 623 g/mol. The van der Waals surface area contributed by atoms with Crippen LogP contribution < -0.4 is 5.69 Å². The third-order valence-corrected chi connectivity index (χ3v) is 13.3. The number of imidazole rings is 1. The Morgan fingerprint density at radius 2 is 1.54 bits per heavy atom. The van der Waals surface area contributed by atoms with Crippen molar-refractivity contribution in [2.45, 2.75) is 67.7 Å². The molecule has 0 N–H and O–H groups in total. The van der Waals surface area contributed by atoms with Gasteiger partial charge in [0.2, 0.25) is 0 Å². The SMILES string of the molecule is Cn1c(=O)n(C2CCCCC2)c2c3cc(-c4ccc(CN5CCC(S(C)(=O)=O)CC5)cc4)n(S(=O)(=O)c4ccccc4)c3ncc21. The minimum atomic E-state index is -4.06. The van der Waals surface area contributed by atoms with Crippen LogP contribution >= 0.6 is 0 Å². The van der Waals surface area contributed by atoms with Crippen LogP contribution in [0.25, 0.3) is 33.3 Å². The summed E-state index contributed by atoms with van der Waals surface area (Å²) in [6.45, 7) is 2.11. The van der Waals surface area contributed by atoms with Crippen LogP contribution in [0.1, 0.15) is 56.6 Å². The van der Waals surface area contributed by atoms with Crippen LogP contribution in [-0.4, -0.2) is 64.4 Å². The van der Waals surface area contributed by atoms with Crippen molar-refractivity contribution in [3.05, 3.63) is 82.9 Å². The van der Waals surface area contributed by atoms with Gasteiger partial charge in [0.05, 0.1) is 33.1 Å². The molecule has 2 aliphatic rings. The minimum Gasteiger partial charge on any atom is -0.299 e. The molecule has 0 amide bonds. The van der Waals surface area contributed by atoms with Crippen LogP contribution in [0, 0.1) is 0 Å². The van der Waals surface area contributed by atoms with Crippen LogP contribution in [0.15, 0.2) is 76.6 Å². The third kappa shape index (κ3) is 5.39. The first-order valence-corrected chi connectivity index (χ1v) is 19.4. The van der Waals surface area contributed by atoms with E-state index in [2.05, 4.69) is 9.88 Å². The lowest BCUT2D eigenvalue weighted by Gasteiger charge is -2.31. The fourth-order valence-corrected chi connectivity index (χ4v) is 9.88. The molecule has 242 valence electrons. The third-order valence-electron chi connectivity index (χ3n) is 9.85. The molecule has 2 aromatic carbocycles. The molecule has 2 fully saturated rings. The zero-order valence-electron chi connectivity index (χ0n) is 26.2. The fraction of sp³-hybridized carbons (Fsp3) is 0.412. The van der Waals surface area contributed by atoms with E-state index in [1.54, 1.807) is 48.1 Å². The average Bonchev–Trinajstić information content (AvgIpc) is 3.58. The van der Waals surface area contributed by atoms with Gasteiger partial charge in [0.1, 0.15) is 9.84 Å². The first-order chi connectivity index (χ1) is 22.0. The van der Waals surface area contributed by atoms with E-state index >= 15 is 0 Å². The Labute approximate surface area is 269 Å². The van der Waals surface area contributed by atoms with E-state index < -0.39 is 19.9 Å². The molecule has 1 aliphatic carbocycles. The molecule has 0 spiro atoms. The number of piperidine rings is 1. The highest BCUT2D eigenvalue weighted by molar-refractivity contribution is 7.91. The maximum absolute atomic E-state index is 14.3. The first-order valence-electron chi connectivity index (χ1n) is 16.0. The van der Waals surface area contributed by atoms with Gasteiger partial charge >= 0.3 is 5.69 Å². The van der Waals surface area contributed by atoms with Crippen LogP contribution in [0.5, 0.6) is 0 Å². The summed E-state index contributed by atoms with van der Waals surface area (Å²) in [5, 5.41) is 0.354. The number of aryl methyl sites for hydroxylation is 1. The normalized spacial score (nSPS) is 17.7. The number of hydrogen-bond acceptors (Lipinski definition) is 7. The second-order valence-corrected chi connectivity index (χ2v) is 17.0. The van der Waals surface area contributed by atoms with Gasteiger partial charge in [-0.1, -0.05) is 61.7 Å². The quantitative estimate of drug-likeness (QED) is 0.238. The number of rotatable bonds is 7. The van der Waals surface area contributed by atoms with E-state index in [4.69, 9.17) is 0 Å². The van der Waals surface area contributed by atoms with Gasteiger partial charge in [0, 0.05) is 31.3 Å². The Morgan fingerprint density at radius 3 is 2.20 bits per heavy atom. The largest absolute Gasteiger partial charge is 0.329 e. The number of fused-ring (bicyclic) bond motifs is 3. The topological polar surface area (TPSA) is 116 Å². The summed E-state index contributed by atoms with van der Waals surface area (Å²) in [7, 11) is -5.34. The highest BCUT2D eigenvalue weighted by Crippen LogP contribution is 2.37. The minimum absolute atomic E-state index is 0.0508. The summed E-state index contributed by atoms with van der Waals surface area (Å²) in [5.74, 6) is 0. The zero-order valence-corrected chi connectivity index (χ0v) is 27.8. The number of aromatic nitrogens is 4. The summed E-state index contributed by atoms with van der Waals surface area (Å²) in [6.07, 6.45) is 9.27. The summed E-state index contributed by atoms with van der Waals surface area (Å²) in [6, 6.07) is 18.1. The lowest BCUT2D eigenvalue weighted by atomic mass is 9.95. The van der Waals surface area contributed by atoms with E-state index in [0.717, 1.165) is 43.2 Å². The molecule has 1 aliphatic heterocycles. The number of pyridine rings is 1. The van der Waals surface area contributed by atoms with Crippen molar-refractivity contribution in [2.75, 3.05) is 19.3 Å². The van der Waals surface area contributed by atoms with E-state index in [-0.39, 0.29) is 21.9 Å². The van der Waals surface area contributed by atoms with Gasteiger partial charge in [-0.05, 0) is 68.1 Å². The number of sulfone groups is 1. The van der Waals surface area contributed by atoms with Crippen LogP contribution in [0.4, 0.5) is 0 Å². The van der Waals surface area contributed by atoms with Gasteiger partial charge in [-0.2, -0.15) is 0 Å². The number of likely N-dealkylation sites (tertiary alicyclic amines) is 1. The van der Waals surface area contributed by atoms with E-state index in [0.29, 0.717) is 60.3 Å². The predicted octanol–water partition coefficient (Wildman–Crippen LogP) is 5.11. The van der Waals surface area contributed by atoms with Crippen molar-refractivity contribution in [3.63, 3.8) is 0 Å². The molecular formula is C34H39N5O5S2. The molecule has 12 heteroatoms. The Morgan fingerprint density at radius 1 is 0.870 bits per heavy atom. The highest BCUT2D eigenvalue weighted by atomic mass is 32.2. The van der Waals surface area contributed by atoms with Gasteiger partial charge in [0.25, 0.3) is 10.0 Å². The first kappa shape index (κ1) is 30.9. The van der Waals surface area contributed by atoms with Crippen molar-refractivity contribution in [1.29, 1.82) is 0 Å². The number of nitrogens with zero attached hydrogens (tertiary/aromatic N) is 5. The maximum Gasteiger partial charge on any atom is 0.329 e. The van der Waals surface area contributed by atoms with Gasteiger partial charge in [0.15, 0.2) is 5.65 Å². The summed E-state index contributed by atoms with van der Waals surface area (Å²) < 4.78 is 57.4. The predicted molar refractivity (Wildman–Crippen MR) is 180 cm³/mol. The van der Waals surface area contributed by atoms with Gasteiger partial charge in [-0.25, -0.2) is 30.6 Å². The zero-order chi connectivity index (χ0) is 32.2. The molecule has 0 atom stereocenters. The van der Waals surface area contributed by atoms with Crippen molar-refractivity contribution < 1.29 is 16.8 Å². The van der Waals surface area contributed by atoms with E-state index in [9.17, 15) is 21.6 Å². The molecule has 0 radical (unpaired) electrons. The van der Waals surface area contributed by atoms with E-state index in [1.165, 1.54) is 10.2 Å². The second kappa shape index (κ2) is 11.8.